The average Bonchev–Trinajstić information content (AvgIpc) is 3.31. The highest BCUT2D eigenvalue weighted by Gasteiger charge is 2.16. The molecule has 0 bridgehead atoms. The molecular weight excluding hydrogens is 376 g/mol. The fourth-order valence-corrected chi connectivity index (χ4v) is 3.12. The van der Waals surface area contributed by atoms with E-state index in [4.69, 9.17) is 9.47 Å². The van der Waals surface area contributed by atoms with E-state index in [-0.39, 0.29) is 12.0 Å². The smallest absolute Gasteiger partial charge is 0.255 e. The number of benzene rings is 2. The number of aromatic nitrogens is 1. The summed E-state index contributed by atoms with van der Waals surface area (Å²) in [6.07, 6.45) is 4.00. The number of nitrogens with zero attached hydrogens (tertiary/aromatic N) is 1. The highest BCUT2D eigenvalue weighted by atomic mass is 16.5. The van der Waals surface area contributed by atoms with Crippen molar-refractivity contribution < 1.29 is 14.3 Å². The van der Waals surface area contributed by atoms with Crippen molar-refractivity contribution in [3.05, 3.63) is 89.7 Å². The van der Waals surface area contributed by atoms with Crippen molar-refractivity contribution in [2.45, 2.75) is 18.9 Å². The lowest BCUT2D eigenvalue weighted by Gasteiger charge is -2.12. The van der Waals surface area contributed by atoms with E-state index < -0.39 is 0 Å². The minimum Gasteiger partial charge on any atom is -0.491 e. The van der Waals surface area contributed by atoms with Crippen LogP contribution in [-0.4, -0.2) is 30.2 Å². The summed E-state index contributed by atoms with van der Waals surface area (Å²) in [5.41, 5.74) is 2.75. The van der Waals surface area contributed by atoms with Crippen LogP contribution in [0.3, 0.4) is 0 Å². The van der Waals surface area contributed by atoms with Crippen molar-refractivity contribution in [3.8, 4) is 17.6 Å². The van der Waals surface area contributed by atoms with Crippen molar-refractivity contribution in [2.24, 2.45) is 0 Å². The summed E-state index contributed by atoms with van der Waals surface area (Å²) >= 11 is 0. The van der Waals surface area contributed by atoms with Crippen LogP contribution < -0.4 is 10.1 Å². The van der Waals surface area contributed by atoms with Gasteiger partial charge in [-0.05, 0) is 73.4 Å². The Morgan fingerprint density at radius 1 is 1.10 bits per heavy atom. The summed E-state index contributed by atoms with van der Waals surface area (Å²) < 4.78 is 11.3. The van der Waals surface area contributed by atoms with Crippen LogP contribution in [0.25, 0.3) is 0 Å². The van der Waals surface area contributed by atoms with Gasteiger partial charge in [-0.25, -0.2) is 4.98 Å². The van der Waals surface area contributed by atoms with Gasteiger partial charge in [0.05, 0.1) is 6.10 Å². The molecule has 1 unspecified atom stereocenters. The zero-order valence-corrected chi connectivity index (χ0v) is 16.5. The first kappa shape index (κ1) is 19.7. The Morgan fingerprint density at radius 2 is 2.00 bits per heavy atom. The number of carbonyl (C=O) groups is 1. The standard InChI is InChI=1S/C25H22N2O3/c28-25(20-10-13-23(14-11-20)30-18-24-8-4-16-29-24)27-22-7-3-5-19(17-22)9-12-21-6-1-2-15-26-21/h1-3,5-7,10-11,13-15,17,24H,4,8,16,18H2,(H,27,28). The Hall–Kier alpha value is -3.62. The van der Waals surface area contributed by atoms with Gasteiger partial charge in [-0.3, -0.25) is 4.79 Å². The van der Waals surface area contributed by atoms with Gasteiger partial charge in [0.2, 0.25) is 0 Å². The molecule has 2 aromatic carbocycles. The molecule has 0 saturated carbocycles. The van der Waals surface area contributed by atoms with Crippen LogP contribution in [0.15, 0.2) is 72.9 Å². The largest absolute Gasteiger partial charge is 0.491 e. The van der Waals surface area contributed by atoms with Gasteiger partial charge in [0.15, 0.2) is 0 Å². The second-order valence-corrected chi connectivity index (χ2v) is 6.97. The number of pyridine rings is 1. The van der Waals surface area contributed by atoms with E-state index in [1.165, 1.54) is 0 Å². The Balaban J connectivity index is 1.36. The Kier molecular flexibility index (Phi) is 6.38. The van der Waals surface area contributed by atoms with Crippen molar-refractivity contribution in [1.29, 1.82) is 0 Å². The molecule has 1 aliphatic heterocycles. The van der Waals surface area contributed by atoms with Crippen LogP contribution in [0.2, 0.25) is 0 Å². The monoisotopic (exact) mass is 398 g/mol. The van der Waals surface area contributed by atoms with E-state index in [9.17, 15) is 4.79 Å². The third kappa shape index (κ3) is 5.47. The SMILES string of the molecule is O=C(Nc1cccc(C#Cc2ccccn2)c1)c1ccc(OCC2CCCO2)cc1. The molecular formula is C25H22N2O3. The van der Waals surface area contributed by atoms with Gasteiger partial charge in [0.25, 0.3) is 5.91 Å². The summed E-state index contributed by atoms with van der Waals surface area (Å²) in [5.74, 6) is 6.63. The fraction of sp³-hybridized carbons (Fsp3) is 0.200. The minimum atomic E-state index is -0.185. The van der Waals surface area contributed by atoms with Crippen molar-refractivity contribution in [3.63, 3.8) is 0 Å². The maximum atomic E-state index is 12.6. The predicted octanol–water partition coefficient (Wildman–Crippen LogP) is 4.29. The predicted molar refractivity (Wildman–Crippen MR) is 116 cm³/mol. The van der Waals surface area contributed by atoms with Crippen molar-refractivity contribution in [2.75, 3.05) is 18.5 Å². The van der Waals surface area contributed by atoms with Crippen molar-refractivity contribution >= 4 is 11.6 Å². The maximum Gasteiger partial charge on any atom is 0.255 e. The van der Waals surface area contributed by atoms with Gasteiger partial charge < -0.3 is 14.8 Å². The van der Waals surface area contributed by atoms with Gasteiger partial charge >= 0.3 is 0 Å². The van der Waals surface area contributed by atoms with E-state index in [1.807, 2.05) is 42.5 Å². The second-order valence-electron chi connectivity index (χ2n) is 6.97. The number of anilines is 1. The molecule has 0 radical (unpaired) electrons. The van der Waals surface area contributed by atoms with E-state index in [1.54, 1.807) is 30.5 Å². The highest BCUT2D eigenvalue weighted by molar-refractivity contribution is 6.04. The molecule has 4 rings (SSSR count). The molecule has 1 aliphatic rings. The molecule has 5 heteroatoms. The summed E-state index contributed by atoms with van der Waals surface area (Å²) in [6.45, 7) is 1.35. The molecule has 30 heavy (non-hydrogen) atoms. The summed E-state index contributed by atoms with van der Waals surface area (Å²) in [5, 5.41) is 2.91. The van der Waals surface area contributed by atoms with Crippen LogP contribution in [0.1, 0.15) is 34.5 Å². The van der Waals surface area contributed by atoms with Gasteiger partial charge in [-0.1, -0.05) is 18.1 Å². The number of nitrogens with one attached hydrogen (secondary N) is 1. The third-order valence-electron chi connectivity index (χ3n) is 4.70. The van der Waals surface area contributed by atoms with Crippen LogP contribution in [0.5, 0.6) is 5.75 Å². The first-order valence-electron chi connectivity index (χ1n) is 9.95. The van der Waals surface area contributed by atoms with E-state index in [0.717, 1.165) is 30.8 Å². The normalized spacial score (nSPS) is 15.1. The van der Waals surface area contributed by atoms with Crippen LogP contribution in [0, 0.1) is 11.8 Å². The Bertz CT molecular complexity index is 1050. The number of hydrogen-bond acceptors (Lipinski definition) is 4. The van der Waals surface area contributed by atoms with Crippen molar-refractivity contribution in [1.82, 2.24) is 4.98 Å². The van der Waals surface area contributed by atoms with Gasteiger partial charge in [-0.2, -0.15) is 0 Å². The van der Waals surface area contributed by atoms with Crippen LogP contribution in [0.4, 0.5) is 5.69 Å². The summed E-state index contributed by atoms with van der Waals surface area (Å²) in [7, 11) is 0. The summed E-state index contributed by atoms with van der Waals surface area (Å²) in [4.78, 5) is 16.8. The molecule has 150 valence electrons. The zero-order valence-electron chi connectivity index (χ0n) is 16.5. The first-order chi connectivity index (χ1) is 14.8. The molecule has 1 N–H and O–H groups in total. The van der Waals surface area contributed by atoms with Crippen LogP contribution >= 0.6 is 0 Å². The number of hydrogen-bond donors (Lipinski definition) is 1. The second kappa shape index (κ2) is 9.73. The average molecular weight is 398 g/mol. The molecule has 1 fully saturated rings. The molecule has 3 aromatic rings. The lowest BCUT2D eigenvalue weighted by atomic mass is 10.1. The Morgan fingerprint density at radius 3 is 2.77 bits per heavy atom. The van der Waals surface area contributed by atoms with Gasteiger partial charge in [-0.15, -0.1) is 0 Å². The van der Waals surface area contributed by atoms with Crippen LogP contribution in [-0.2, 0) is 4.74 Å². The number of rotatable bonds is 5. The molecule has 5 nitrogen and oxygen atoms in total. The van der Waals surface area contributed by atoms with E-state index >= 15 is 0 Å². The van der Waals surface area contributed by atoms with Gasteiger partial charge in [0.1, 0.15) is 18.1 Å². The van der Waals surface area contributed by atoms with Gasteiger partial charge in [0, 0.05) is 29.6 Å². The first-order valence-corrected chi connectivity index (χ1v) is 9.95. The Labute approximate surface area is 176 Å². The maximum absolute atomic E-state index is 12.6. The lowest BCUT2D eigenvalue weighted by Crippen LogP contribution is -2.16. The lowest BCUT2D eigenvalue weighted by molar-refractivity contribution is 0.0679. The molecule has 1 aromatic heterocycles. The number of carbonyl (C=O) groups excluding carboxylic acids is 1. The molecule has 1 amide bonds. The fourth-order valence-electron chi connectivity index (χ4n) is 3.12. The minimum absolute atomic E-state index is 0.168. The zero-order chi connectivity index (χ0) is 20.6. The third-order valence-corrected chi connectivity index (χ3v) is 4.70. The topological polar surface area (TPSA) is 60.5 Å². The quantitative estimate of drug-likeness (QED) is 0.652. The number of ether oxygens (including phenoxy) is 2. The molecule has 1 atom stereocenters. The molecule has 0 spiro atoms. The highest BCUT2D eigenvalue weighted by Crippen LogP contribution is 2.18. The molecule has 1 saturated heterocycles. The van der Waals surface area contributed by atoms with E-state index in [2.05, 4.69) is 22.1 Å². The van der Waals surface area contributed by atoms with E-state index in [0.29, 0.717) is 23.6 Å². The molecule has 0 aliphatic carbocycles. The number of amides is 1. The molecule has 2 heterocycles. The summed E-state index contributed by atoms with van der Waals surface area (Å²) in [6, 6.07) is 20.2.